The van der Waals surface area contributed by atoms with Crippen molar-refractivity contribution in [3.63, 3.8) is 0 Å². The van der Waals surface area contributed by atoms with Crippen LogP contribution < -0.4 is 13.9 Å². The van der Waals surface area contributed by atoms with E-state index in [1.165, 1.54) is 30.6 Å². The van der Waals surface area contributed by atoms with Gasteiger partial charge in [0.05, 0.1) is 23.4 Å². The van der Waals surface area contributed by atoms with Crippen LogP contribution >= 0.6 is 0 Å². The molecule has 0 unspecified atom stereocenters. The molecular formula is C27H26N2O4S. The molecule has 0 aliphatic rings. The number of carbonyl (C=O) groups is 1. The lowest BCUT2D eigenvalue weighted by atomic mass is 10.1. The quantitative estimate of drug-likeness (QED) is 0.363. The number of carbonyl (C=O) groups excluding carboxylic acids is 1. The van der Waals surface area contributed by atoms with Gasteiger partial charge in [-0.15, -0.1) is 0 Å². The summed E-state index contributed by atoms with van der Waals surface area (Å²) >= 11 is 0. The highest BCUT2D eigenvalue weighted by Gasteiger charge is 2.25. The number of nitrogens with zero attached hydrogens (tertiary/aromatic N) is 2. The Bertz CT molecular complexity index is 1430. The molecule has 0 N–H and O–H groups in total. The molecule has 4 aromatic rings. The zero-order valence-corrected chi connectivity index (χ0v) is 20.1. The standard InChI is InChI=1S/C27H26N2O4S/c1-4-29(24-14-9-11-20-10-5-6-12-23(20)24)27(30)21-16-18-22(19-17-21)34(31,32)28(2)25-13-7-8-15-26(25)33-3/h5-19H,4H2,1-3H3. The van der Waals surface area contributed by atoms with Gasteiger partial charge in [-0.05, 0) is 54.8 Å². The Balaban J connectivity index is 1.64. The fraction of sp³-hybridized carbons (Fsp3) is 0.148. The molecule has 6 nitrogen and oxygen atoms in total. The van der Waals surface area contributed by atoms with Gasteiger partial charge in [0.2, 0.25) is 0 Å². The van der Waals surface area contributed by atoms with Gasteiger partial charge in [0, 0.05) is 24.5 Å². The third-order valence-corrected chi connectivity index (χ3v) is 7.59. The van der Waals surface area contributed by atoms with Gasteiger partial charge in [-0.2, -0.15) is 0 Å². The number of rotatable bonds is 7. The van der Waals surface area contributed by atoms with Crippen LogP contribution in [0.25, 0.3) is 10.8 Å². The monoisotopic (exact) mass is 474 g/mol. The topological polar surface area (TPSA) is 66.9 Å². The number of hydrogen-bond donors (Lipinski definition) is 0. The summed E-state index contributed by atoms with van der Waals surface area (Å²) in [5.41, 5.74) is 1.66. The highest BCUT2D eigenvalue weighted by molar-refractivity contribution is 7.92. The van der Waals surface area contributed by atoms with Gasteiger partial charge in [0.1, 0.15) is 5.75 Å². The molecule has 0 saturated heterocycles. The summed E-state index contributed by atoms with van der Waals surface area (Å²) in [6, 6.07) is 26.7. The molecule has 0 bridgehead atoms. The van der Waals surface area contributed by atoms with E-state index in [9.17, 15) is 13.2 Å². The normalized spacial score (nSPS) is 11.3. The van der Waals surface area contributed by atoms with Crippen molar-refractivity contribution in [2.75, 3.05) is 29.9 Å². The number of ether oxygens (including phenoxy) is 1. The van der Waals surface area contributed by atoms with E-state index >= 15 is 0 Å². The Kier molecular flexibility index (Phi) is 6.56. The van der Waals surface area contributed by atoms with E-state index in [1.807, 2.05) is 49.4 Å². The molecule has 174 valence electrons. The van der Waals surface area contributed by atoms with Gasteiger partial charge in [0.25, 0.3) is 15.9 Å². The van der Waals surface area contributed by atoms with Crippen LogP contribution in [0.15, 0.2) is 95.9 Å². The maximum absolute atomic E-state index is 13.4. The first-order chi connectivity index (χ1) is 16.4. The van der Waals surface area contributed by atoms with Crippen molar-refractivity contribution in [1.29, 1.82) is 0 Å². The van der Waals surface area contributed by atoms with Crippen molar-refractivity contribution in [1.82, 2.24) is 0 Å². The lowest BCUT2D eigenvalue weighted by Crippen LogP contribution is -2.31. The van der Waals surface area contributed by atoms with Crippen LogP contribution in [0.2, 0.25) is 0 Å². The minimum atomic E-state index is -3.85. The Morgan fingerprint density at radius 2 is 1.44 bits per heavy atom. The lowest BCUT2D eigenvalue weighted by molar-refractivity contribution is 0.0988. The average molecular weight is 475 g/mol. The number of hydrogen-bond acceptors (Lipinski definition) is 4. The van der Waals surface area contributed by atoms with Gasteiger partial charge in [0.15, 0.2) is 0 Å². The Morgan fingerprint density at radius 3 is 2.15 bits per heavy atom. The Labute approximate surface area is 200 Å². The molecule has 0 radical (unpaired) electrons. The molecule has 4 aromatic carbocycles. The number of para-hydroxylation sites is 2. The smallest absolute Gasteiger partial charge is 0.264 e. The van der Waals surface area contributed by atoms with Crippen LogP contribution in [-0.2, 0) is 10.0 Å². The molecule has 0 heterocycles. The van der Waals surface area contributed by atoms with Crippen molar-refractivity contribution in [3.8, 4) is 5.75 Å². The van der Waals surface area contributed by atoms with E-state index in [1.54, 1.807) is 41.3 Å². The molecule has 0 aliphatic carbocycles. The minimum Gasteiger partial charge on any atom is -0.495 e. The zero-order valence-electron chi connectivity index (χ0n) is 19.3. The first-order valence-electron chi connectivity index (χ1n) is 10.9. The molecule has 1 amide bonds. The molecule has 4 rings (SSSR count). The highest BCUT2D eigenvalue weighted by Crippen LogP contribution is 2.31. The predicted molar refractivity (Wildman–Crippen MR) is 136 cm³/mol. The number of amides is 1. The fourth-order valence-electron chi connectivity index (χ4n) is 3.97. The SMILES string of the molecule is CCN(C(=O)c1ccc(S(=O)(=O)N(C)c2ccccc2OC)cc1)c1cccc2ccccc12. The summed E-state index contributed by atoms with van der Waals surface area (Å²) in [5.74, 6) is 0.259. The third-order valence-electron chi connectivity index (χ3n) is 5.80. The number of benzene rings is 4. The van der Waals surface area contributed by atoms with Gasteiger partial charge in [-0.1, -0.05) is 48.5 Å². The second kappa shape index (κ2) is 9.57. The molecule has 0 spiro atoms. The van der Waals surface area contributed by atoms with Crippen LogP contribution in [-0.4, -0.2) is 35.0 Å². The van der Waals surface area contributed by atoms with Crippen molar-refractivity contribution in [3.05, 3.63) is 96.6 Å². The minimum absolute atomic E-state index is 0.0886. The molecule has 34 heavy (non-hydrogen) atoms. The van der Waals surface area contributed by atoms with E-state index in [-0.39, 0.29) is 10.8 Å². The molecule has 0 aliphatic heterocycles. The van der Waals surface area contributed by atoms with Crippen LogP contribution in [0.5, 0.6) is 5.75 Å². The summed E-state index contributed by atoms with van der Waals surface area (Å²) < 4.78 is 32.9. The van der Waals surface area contributed by atoms with E-state index in [0.717, 1.165) is 16.5 Å². The zero-order chi connectivity index (χ0) is 24.3. The number of sulfonamides is 1. The van der Waals surface area contributed by atoms with Gasteiger partial charge < -0.3 is 9.64 Å². The highest BCUT2D eigenvalue weighted by atomic mass is 32.2. The molecular weight excluding hydrogens is 448 g/mol. The van der Waals surface area contributed by atoms with Crippen LogP contribution in [0.3, 0.4) is 0 Å². The fourth-order valence-corrected chi connectivity index (χ4v) is 5.18. The summed E-state index contributed by atoms with van der Waals surface area (Å²) in [6.45, 7) is 2.39. The Morgan fingerprint density at radius 1 is 0.824 bits per heavy atom. The number of anilines is 2. The summed E-state index contributed by atoms with van der Waals surface area (Å²) in [4.78, 5) is 15.2. The van der Waals surface area contributed by atoms with Crippen molar-refractivity contribution in [2.24, 2.45) is 0 Å². The number of fused-ring (bicyclic) bond motifs is 1. The molecule has 0 aromatic heterocycles. The van der Waals surface area contributed by atoms with E-state index < -0.39 is 10.0 Å². The Hall–Kier alpha value is -3.84. The number of methoxy groups -OCH3 is 1. The van der Waals surface area contributed by atoms with Crippen molar-refractivity contribution < 1.29 is 17.9 Å². The predicted octanol–water partition coefficient (Wildman–Crippen LogP) is 5.34. The second-order valence-corrected chi connectivity index (χ2v) is 9.69. The van der Waals surface area contributed by atoms with Crippen molar-refractivity contribution in [2.45, 2.75) is 11.8 Å². The van der Waals surface area contributed by atoms with Crippen LogP contribution in [0.4, 0.5) is 11.4 Å². The largest absolute Gasteiger partial charge is 0.495 e. The van der Waals surface area contributed by atoms with E-state index in [0.29, 0.717) is 23.5 Å². The maximum atomic E-state index is 13.4. The van der Waals surface area contributed by atoms with Crippen LogP contribution in [0.1, 0.15) is 17.3 Å². The average Bonchev–Trinajstić information content (AvgIpc) is 2.88. The second-order valence-electron chi connectivity index (χ2n) is 7.72. The van der Waals surface area contributed by atoms with E-state index in [4.69, 9.17) is 4.74 Å². The summed E-state index contributed by atoms with van der Waals surface area (Å²) in [6.07, 6.45) is 0. The third kappa shape index (κ3) is 4.22. The molecule has 0 saturated carbocycles. The van der Waals surface area contributed by atoms with Crippen molar-refractivity contribution >= 4 is 38.1 Å². The summed E-state index contributed by atoms with van der Waals surface area (Å²) in [5, 5.41) is 2.03. The molecule has 7 heteroatoms. The molecule has 0 atom stereocenters. The van der Waals surface area contributed by atoms with E-state index in [2.05, 4.69) is 0 Å². The first kappa shape index (κ1) is 23.3. The molecule has 0 fully saturated rings. The van der Waals surface area contributed by atoms with Gasteiger partial charge in [-0.3, -0.25) is 9.10 Å². The van der Waals surface area contributed by atoms with Gasteiger partial charge in [-0.25, -0.2) is 8.42 Å². The van der Waals surface area contributed by atoms with Gasteiger partial charge >= 0.3 is 0 Å². The van der Waals surface area contributed by atoms with Crippen LogP contribution in [0, 0.1) is 0 Å². The summed E-state index contributed by atoms with van der Waals surface area (Å²) in [7, 11) is -0.873. The maximum Gasteiger partial charge on any atom is 0.264 e. The first-order valence-corrected chi connectivity index (χ1v) is 12.3. The lowest BCUT2D eigenvalue weighted by Gasteiger charge is -2.24.